The van der Waals surface area contributed by atoms with Gasteiger partial charge in [-0.3, -0.25) is 4.18 Å². The topological polar surface area (TPSA) is 108 Å². The Hall–Kier alpha value is -1.35. The normalized spacial score (nSPS) is 13.1. The second-order valence-electron chi connectivity index (χ2n) is 3.39. The molecule has 0 aliphatic heterocycles. The highest BCUT2D eigenvalue weighted by Gasteiger charge is 2.11. The van der Waals surface area contributed by atoms with E-state index in [0.29, 0.717) is 11.5 Å². The average molecular weight is 277 g/mol. The van der Waals surface area contributed by atoms with Crippen LogP contribution >= 0.6 is 0 Å². The van der Waals surface area contributed by atoms with E-state index in [-0.39, 0.29) is 6.61 Å². The van der Waals surface area contributed by atoms with Crippen molar-refractivity contribution in [2.45, 2.75) is 6.10 Å². The van der Waals surface area contributed by atoms with Gasteiger partial charge in [0.2, 0.25) is 0 Å². The molecule has 0 saturated carbocycles. The summed E-state index contributed by atoms with van der Waals surface area (Å²) in [5, 5.41) is 14.0. The molecule has 0 heterocycles. The number of para-hydroxylation sites is 2. The van der Waals surface area contributed by atoms with Gasteiger partial charge in [-0.2, -0.15) is 8.42 Å². The first-order chi connectivity index (χ1) is 8.42. The Balaban J connectivity index is 2.45. The molecule has 102 valence electrons. The van der Waals surface area contributed by atoms with Gasteiger partial charge in [0.15, 0.2) is 11.5 Å². The molecule has 0 aliphatic rings. The van der Waals surface area contributed by atoms with Gasteiger partial charge >= 0.3 is 10.3 Å². The first kappa shape index (κ1) is 14.7. The molecule has 1 atom stereocenters. The third-order valence-corrected chi connectivity index (χ3v) is 2.39. The number of rotatable bonds is 7. The zero-order valence-corrected chi connectivity index (χ0v) is 10.6. The highest BCUT2D eigenvalue weighted by molar-refractivity contribution is 7.84. The van der Waals surface area contributed by atoms with Crippen LogP contribution in [0.5, 0.6) is 11.5 Å². The molecule has 0 spiro atoms. The smallest absolute Gasteiger partial charge is 0.333 e. The molecule has 0 radical (unpaired) electrons. The minimum Gasteiger partial charge on any atom is -0.493 e. The molecule has 1 rings (SSSR count). The molecule has 18 heavy (non-hydrogen) atoms. The van der Waals surface area contributed by atoms with Crippen LogP contribution in [0.2, 0.25) is 0 Å². The Morgan fingerprint density at radius 1 is 1.28 bits per heavy atom. The van der Waals surface area contributed by atoms with Crippen molar-refractivity contribution in [3.63, 3.8) is 0 Å². The van der Waals surface area contributed by atoms with E-state index in [4.69, 9.17) is 9.47 Å². The molecule has 0 bridgehead atoms. The van der Waals surface area contributed by atoms with E-state index in [9.17, 15) is 13.5 Å². The van der Waals surface area contributed by atoms with Crippen molar-refractivity contribution in [3.05, 3.63) is 24.3 Å². The van der Waals surface area contributed by atoms with Gasteiger partial charge in [-0.25, -0.2) is 5.14 Å². The SMILES string of the molecule is COc1ccccc1OCC(O)COS(N)(=O)=O. The Kier molecular flexibility index (Phi) is 5.35. The second-order valence-corrected chi connectivity index (χ2v) is 4.61. The van der Waals surface area contributed by atoms with Crippen LogP contribution in [0.15, 0.2) is 24.3 Å². The maximum Gasteiger partial charge on any atom is 0.333 e. The van der Waals surface area contributed by atoms with Crippen molar-refractivity contribution in [2.24, 2.45) is 5.14 Å². The number of aliphatic hydroxyl groups excluding tert-OH is 1. The van der Waals surface area contributed by atoms with Crippen molar-refractivity contribution in [3.8, 4) is 11.5 Å². The van der Waals surface area contributed by atoms with Gasteiger partial charge in [0.1, 0.15) is 12.7 Å². The average Bonchev–Trinajstić information content (AvgIpc) is 2.33. The summed E-state index contributed by atoms with van der Waals surface area (Å²) in [5.74, 6) is 0.951. The molecule has 0 saturated heterocycles. The van der Waals surface area contributed by atoms with Crippen LogP contribution in [0, 0.1) is 0 Å². The van der Waals surface area contributed by atoms with Crippen LogP contribution in [0.3, 0.4) is 0 Å². The van der Waals surface area contributed by atoms with Crippen molar-refractivity contribution in [2.75, 3.05) is 20.3 Å². The highest BCUT2D eigenvalue weighted by Crippen LogP contribution is 2.25. The van der Waals surface area contributed by atoms with Gasteiger partial charge in [-0.1, -0.05) is 12.1 Å². The lowest BCUT2D eigenvalue weighted by molar-refractivity contribution is 0.0638. The van der Waals surface area contributed by atoms with Crippen LogP contribution in [-0.2, 0) is 14.5 Å². The van der Waals surface area contributed by atoms with E-state index >= 15 is 0 Å². The molecule has 8 heteroatoms. The van der Waals surface area contributed by atoms with Crippen LogP contribution in [0.4, 0.5) is 0 Å². The number of hydrogen-bond donors (Lipinski definition) is 2. The van der Waals surface area contributed by atoms with Gasteiger partial charge in [-0.05, 0) is 12.1 Å². The Labute approximate surface area is 105 Å². The van der Waals surface area contributed by atoms with Crippen molar-refractivity contribution < 1.29 is 27.2 Å². The zero-order valence-electron chi connectivity index (χ0n) is 9.78. The Bertz CT molecular complexity index is 475. The lowest BCUT2D eigenvalue weighted by Gasteiger charge is -2.13. The summed E-state index contributed by atoms with van der Waals surface area (Å²) in [6.07, 6.45) is -1.12. The first-order valence-electron chi connectivity index (χ1n) is 5.03. The summed E-state index contributed by atoms with van der Waals surface area (Å²) in [6.45, 7) is -0.607. The minimum absolute atomic E-state index is 0.143. The largest absolute Gasteiger partial charge is 0.493 e. The molecular formula is C10H15NO6S. The van der Waals surface area contributed by atoms with Gasteiger partial charge in [0, 0.05) is 0 Å². The monoisotopic (exact) mass is 277 g/mol. The lowest BCUT2D eigenvalue weighted by Crippen LogP contribution is -2.27. The standard InChI is InChI=1S/C10H15NO6S/c1-15-9-4-2-3-5-10(9)16-6-8(12)7-17-18(11,13)14/h2-5,8,12H,6-7H2,1H3,(H2,11,13,14). The van der Waals surface area contributed by atoms with Gasteiger partial charge < -0.3 is 14.6 Å². The summed E-state index contributed by atoms with van der Waals surface area (Å²) in [6, 6.07) is 6.87. The summed E-state index contributed by atoms with van der Waals surface area (Å²) < 4.78 is 35.5. The Morgan fingerprint density at radius 3 is 2.44 bits per heavy atom. The molecule has 7 nitrogen and oxygen atoms in total. The molecule has 1 aromatic carbocycles. The molecule has 0 fully saturated rings. The van der Waals surface area contributed by atoms with Gasteiger partial charge in [-0.15, -0.1) is 0 Å². The number of aliphatic hydroxyl groups is 1. The van der Waals surface area contributed by atoms with Crippen molar-refractivity contribution in [1.29, 1.82) is 0 Å². The fraction of sp³-hybridized carbons (Fsp3) is 0.400. The molecule has 1 unspecified atom stereocenters. The third kappa shape index (κ3) is 5.32. The van der Waals surface area contributed by atoms with Crippen molar-refractivity contribution >= 4 is 10.3 Å². The van der Waals surface area contributed by atoms with Gasteiger partial charge in [0.05, 0.1) is 13.7 Å². The van der Waals surface area contributed by atoms with E-state index in [0.717, 1.165) is 0 Å². The van der Waals surface area contributed by atoms with E-state index in [2.05, 4.69) is 9.32 Å². The number of nitrogens with two attached hydrogens (primary N) is 1. The second kappa shape index (κ2) is 6.55. The molecule has 0 amide bonds. The minimum atomic E-state index is -4.06. The summed E-state index contributed by atoms with van der Waals surface area (Å²) in [5.41, 5.74) is 0. The van der Waals surface area contributed by atoms with Crippen LogP contribution < -0.4 is 14.6 Å². The number of ether oxygens (including phenoxy) is 2. The van der Waals surface area contributed by atoms with Crippen LogP contribution in [0.1, 0.15) is 0 Å². The van der Waals surface area contributed by atoms with E-state index in [1.807, 2.05) is 0 Å². The molecule has 3 N–H and O–H groups in total. The molecule has 0 aromatic heterocycles. The highest BCUT2D eigenvalue weighted by atomic mass is 32.2. The predicted molar refractivity (Wildman–Crippen MR) is 63.6 cm³/mol. The van der Waals surface area contributed by atoms with Crippen molar-refractivity contribution in [1.82, 2.24) is 0 Å². The lowest BCUT2D eigenvalue weighted by atomic mass is 10.3. The number of methoxy groups -OCH3 is 1. The zero-order chi connectivity index (χ0) is 13.6. The first-order valence-corrected chi connectivity index (χ1v) is 6.50. The third-order valence-electron chi connectivity index (χ3n) is 1.92. The fourth-order valence-corrected chi connectivity index (χ4v) is 1.49. The molecular weight excluding hydrogens is 262 g/mol. The molecule has 0 aliphatic carbocycles. The van der Waals surface area contributed by atoms with E-state index in [1.165, 1.54) is 7.11 Å². The quantitative estimate of drug-likeness (QED) is 0.705. The van der Waals surface area contributed by atoms with Gasteiger partial charge in [0.25, 0.3) is 0 Å². The summed E-state index contributed by atoms with van der Waals surface area (Å²) in [7, 11) is -2.57. The maximum atomic E-state index is 10.5. The van der Waals surface area contributed by atoms with E-state index < -0.39 is 23.0 Å². The molecule has 1 aromatic rings. The maximum absolute atomic E-state index is 10.5. The van der Waals surface area contributed by atoms with Crippen LogP contribution in [-0.4, -0.2) is 40.0 Å². The number of hydrogen-bond acceptors (Lipinski definition) is 6. The van der Waals surface area contributed by atoms with Crippen LogP contribution in [0.25, 0.3) is 0 Å². The summed E-state index contributed by atoms with van der Waals surface area (Å²) in [4.78, 5) is 0. The summed E-state index contributed by atoms with van der Waals surface area (Å²) >= 11 is 0. The predicted octanol–water partition coefficient (Wildman–Crippen LogP) is -0.345. The Morgan fingerprint density at radius 2 is 1.89 bits per heavy atom. The fourth-order valence-electron chi connectivity index (χ4n) is 1.15. The van der Waals surface area contributed by atoms with E-state index in [1.54, 1.807) is 24.3 Å². The number of benzene rings is 1.